The molecule has 8 atom stereocenters. The van der Waals surface area contributed by atoms with E-state index < -0.39 is 17.8 Å². The molecule has 236 valence electrons. The summed E-state index contributed by atoms with van der Waals surface area (Å²) in [5.74, 6) is 2.58. The van der Waals surface area contributed by atoms with E-state index in [-0.39, 0.29) is 17.4 Å². The van der Waals surface area contributed by atoms with Crippen molar-refractivity contribution in [1.29, 1.82) is 0 Å². The lowest BCUT2D eigenvalue weighted by atomic mass is 9.60. The van der Waals surface area contributed by atoms with Crippen molar-refractivity contribution < 1.29 is 29.6 Å². The Kier molecular flexibility index (Phi) is 9.18. The Hall–Kier alpha value is -2.61. The van der Waals surface area contributed by atoms with Gasteiger partial charge in [0.05, 0.1) is 26.4 Å². The van der Waals surface area contributed by atoms with E-state index in [2.05, 4.69) is 32.6 Å². The quantitative estimate of drug-likeness (QED) is 0.357. The third-order valence-corrected chi connectivity index (χ3v) is 11.2. The molecule has 0 bridgehead atoms. The Morgan fingerprint density at radius 3 is 2.49 bits per heavy atom. The van der Waals surface area contributed by atoms with Crippen LogP contribution in [0.5, 0.6) is 11.5 Å². The predicted octanol–water partition coefficient (Wildman–Crippen LogP) is 5.72. The maximum Gasteiger partial charge on any atom is 0.254 e. The Morgan fingerprint density at radius 1 is 1.12 bits per heavy atom. The van der Waals surface area contributed by atoms with Crippen LogP contribution in [0.15, 0.2) is 53.6 Å². The molecule has 7 heteroatoms. The van der Waals surface area contributed by atoms with Gasteiger partial charge in [-0.25, -0.2) is 0 Å². The first-order valence-electron chi connectivity index (χ1n) is 16.1. The van der Waals surface area contributed by atoms with Crippen LogP contribution in [0.25, 0.3) is 0 Å². The number of carbonyl (C=O) groups excluding carboxylic acids is 1. The Balaban J connectivity index is 1.32. The van der Waals surface area contributed by atoms with Gasteiger partial charge < -0.3 is 29.7 Å². The van der Waals surface area contributed by atoms with Crippen molar-refractivity contribution in [2.75, 3.05) is 14.2 Å². The third kappa shape index (κ3) is 6.31. The number of aliphatic hydroxyl groups is 3. The minimum Gasteiger partial charge on any atom is -0.497 e. The average molecular weight is 594 g/mol. The van der Waals surface area contributed by atoms with Gasteiger partial charge in [0, 0.05) is 31.5 Å². The smallest absolute Gasteiger partial charge is 0.254 e. The van der Waals surface area contributed by atoms with E-state index in [0.29, 0.717) is 55.1 Å². The van der Waals surface area contributed by atoms with Gasteiger partial charge in [-0.1, -0.05) is 38.2 Å². The molecule has 0 unspecified atom stereocenters. The maximum atomic E-state index is 13.4. The predicted molar refractivity (Wildman–Crippen MR) is 168 cm³/mol. The van der Waals surface area contributed by atoms with E-state index in [0.717, 1.165) is 48.8 Å². The van der Waals surface area contributed by atoms with E-state index in [1.165, 1.54) is 12.0 Å². The van der Waals surface area contributed by atoms with Crippen LogP contribution in [0.2, 0.25) is 0 Å². The zero-order valence-electron chi connectivity index (χ0n) is 26.6. The molecule has 3 N–H and O–H groups in total. The molecule has 4 fully saturated rings. The summed E-state index contributed by atoms with van der Waals surface area (Å²) in [6.07, 6.45) is 11.1. The van der Waals surface area contributed by atoms with Gasteiger partial charge in [-0.05, 0) is 104 Å². The van der Waals surface area contributed by atoms with Gasteiger partial charge in [-0.3, -0.25) is 4.79 Å². The first-order valence-corrected chi connectivity index (χ1v) is 16.1. The van der Waals surface area contributed by atoms with E-state index in [4.69, 9.17) is 9.47 Å². The molecule has 1 saturated heterocycles. The molecule has 1 heterocycles. The molecule has 0 aromatic heterocycles. The number of rotatable bonds is 8. The second-order valence-corrected chi connectivity index (χ2v) is 14.2. The zero-order valence-corrected chi connectivity index (χ0v) is 26.6. The molecule has 1 aromatic rings. The molecular formula is C36H51NO6. The molecular weight excluding hydrogens is 542 g/mol. The number of likely N-dealkylation sites (tertiary alicyclic amines) is 1. The van der Waals surface area contributed by atoms with Crippen molar-refractivity contribution in [2.45, 2.75) is 109 Å². The fourth-order valence-corrected chi connectivity index (χ4v) is 8.97. The summed E-state index contributed by atoms with van der Waals surface area (Å²) in [5.41, 5.74) is 2.91. The van der Waals surface area contributed by atoms with Crippen LogP contribution in [0, 0.1) is 23.2 Å². The summed E-state index contributed by atoms with van der Waals surface area (Å²) in [7, 11) is 3.24. The number of nitrogens with zero attached hydrogens (tertiary/aromatic N) is 1. The van der Waals surface area contributed by atoms with E-state index in [1.807, 2.05) is 23.1 Å². The van der Waals surface area contributed by atoms with Crippen LogP contribution in [-0.2, 0) is 11.3 Å². The molecule has 5 rings (SSSR count). The van der Waals surface area contributed by atoms with Gasteiger partial charge >= 0.3 is 0 Å². The molecule has 3 aliphatic carbocycles. The molecule has 1 aromatic carbocycles. The number of ether oxygens (including phenoxy) is 2. The van der Waals surface area contributed by atoms with E-state index in [9.17, 15) is 20.1 Å². The van der Waals surface area contributed by atoms with Crippen LogP contribution in [0.1, 0.15) is 84.1 Å². The molecule has 4 aliphatic rings. The monoisotopic (exact) mass is 593 g/mol. The number of benzene rings is 1. The zero-order chi connectivity index (χ0) is 31.1. The minimum absolute atomic E-state index is 0.0455. The average Bonchev–Trinajstić information content (AvgIpc) is 3.42. The summed E-state index contributed by atoms with van der Waals surface area (Å²) >= 11 is 0. The lowest BCUT2D eigenvalue weighted by molar-refractivity contribution is -0.142. The highest BCUT2D eigenvalue weighted by molar-refractivity contribution is 5.87. The van der Waals surface area contributed by atoms with Gasteiger partial charge in [-0.15, -0.1) is 0 Å². The standard InChI is InChI=1S/C36H51NO6/c1-22(14-27-20-36(4,41)34(40)37(27)21-24-15-29(42-5)19-30(16-24)43-6)31-11-12-32-25(8-7-13-35(31,32)3)9-10-26-17-28(38)18-33(39)23(26)2/h9-10,15-16,19,22,27-28,31-33,38-39,41H,2,7-8,11-14,17-18,20-21H2,1,3-6H3/b25-9+,26-10-/t22-,27+,28-,31-,32+,33+,35-,36+/m1/s1. The summed E-state index contributed by atoms with van der Waals surface area (Å²) in [6.45, 7) is 11.0. The number of allylic oxidation sites excluding steroid dienone is 3. The Morgan fingerprint density at radius 2 is 1.81 bits per heavy atom. The topological polar surface area (TPSA) is 99.5 Å². The fourth-order valence-electron chi connectivity index (χ4n) is 8.97. The summed E-state index contributed by atoms with van der Waals surface area (Å²) in [6, 6.07) is 5.64. The van der Waals surface area contributed by atoms with Crippen molar-refractivity contribution >= 4 is 5.91 Å². The third-order valence-electron chi connectivity index (χ3n) is 11.2. The highest BCUT2D eigenvalue weighted by Crippen LogP contribution is 2.60. The first-order chi connectivity index (χ1) is 20.4. The number of amides is 1. The van der Waals surface area contributed by atoms with Crippen LogP contribution in [-0.4, -0.2) is 64.2 Å². The number of carbonyl (C=O) groups is 1. The van der Waals surface area contributed by atoms with Crippen molar-refractivity contribution in [3.05, 3.63) is 59.2 Å². The van der Waals surface area contributed by atoms with Crippen molar-refractivity contribution in [3.8, 4) is 11.5 Å². The first kappa shape index (κ1) is 31.8. The van der Waals surface area contributed by atoms with Gasteiger partial charge in [0.25, 0.3) is 5.91 Å². The maximum absolute atomic E-state index is 13.4. The Bertz CT molecular complexity index is 1260. The molecule has 3 saturated carbocycles. The number of hydrogen-bond acceptors (Lipinski definition) is 6. The number of methoxy groups -OCH3 is 2. The largest absolute Gasteiger partial charge is 0.497 e. The van der Waals surface area contributed by atoms with Crippen LogP contribution in [0.4, 0.5) is 0 Å². The second kappa shape index (κ2) is 12.4. The summed E-state index contributed by atoms with van der Waals surface area (Å²) in [4.78, 5) is 15.3. The van der Waals surface area contributed by atoms with Gasteiger partial charge in [0.1, 0.15) is 17.1 Å². The highest BCUT2D eigenvalue weighted by Gasteiger charge is 2.53. The number of hydrogen-bond donors (Lipinski definition) is 3. The Labute approximate surface area is 257 Å². The molecule has 0 radical (unpaired) electrons. The SMILES string of the molecule is C=C1/C(=C\C=C2/CCC[C@]3(C)[C@@H]([C@H](C)C[C@H]4C[C@](C)(O)C(=O)N4Cc4cc(OC)cc(OC)c4)CC[C@@H]23)C[C@@H](O)C[C@@H]1O. The summed E-state index contributed by atoms with van der Waals surface area (Å²) < 4.78 is 10.9. The lowest BCUT2D eigenvalue weighted by Gasteiger charge is -2.45. The normalized spacial score (nSPS) is 37.2. The van der Waals surface area contributed by atoms with E-state index >= 15 is 0 Å². The van der Waals surface area contributed by atoms with Crippen molar-refractivity contribution in [2.24, 2.45) is 23.2 Å². The number of aliphatic hydroxyl groups excluding tert-OH is 2. The second-order valence-electron chi connectivity index (χ2n) is 14.2. The lowest BCUT2D eigenvalue weighted by Crippen LogP contribution is -2.40. The fraction of sp³-hybridized carbons (Fsp3) is 0.639. The van der Waals surface area contributed by atoms with Crippen LogP contribution < -0.4 is 9.47 Å². The molecule has 1 aliphatic heterocycles. The molecule has 7 nitrogen and oxygen atoms in total. The van der Waals surface area contributed by atoms with E-state index in [1.54, 1.807) is 21.1 Å². The van der Waals surface area contributed by atoms with Crippen LogP contribution in [0.3, 0.4) is 0 Å². The van der Waals surface area contributed by atoms with Crippen LogP contribution >= 0.6 is 0 Å². The minimum atomic E-state index is -1.37. The number of fused-ring (bicyclic) bond motifs is 1. The summed E-state index contributed by atoms with van der Waals surface area (Å²) in [5, 5.41) is 31.5. The van der Waals surface area contributed by atoms with Crippen molar-refractivity contribution in [1.82, 2.24) is 4.90 Å². The van der Waals surface area contributed by atoms with Crippen molar-refractivity contribution in [3.63, 3.8) is 0 Å². The highest BCUT2D eigenvalue weighted by atomic mass is 16.5. The van der Waals surface area contributed by atoms with Gasteiger partial charge in [0.15, 0.2) is 0 Å². The molecule has 0 spiro atoms. The van der Waals surface area contributed by atoms with Gasteiger partial charge in [0.2, 0.25) is 0 Å². The molecule has 1 amide bonds. The van der Waals surface area contributed by atoms with Gasteiger partial charge in [-0.2, -0.15) is 0 Å². The molecule has 43 heavy (non-hydrogen) atoms.